The van der Waals surface area contributed by atoms with E-state index in [-0.39, 0.29) is 12.2 Å². The zero-order valence-electron chi connectivity index (χ0n) is 9.32. The number of carbonyl (C=O) groups excluding carboxylic acids is 1. The van der Waals surface area contributed by atoms with E-state index in [9.17, 15) is 4.79 Å². The highest BCUT2D eigenvalue weighted by Gasteiger charge is 2.10. The minimum Gasteiger partial charge on any atom is -0.462 e. The molecule has 1 heterocycles. The van der Waals surface area contributed by atoms with E-state index in [2.05, 4.69) is 6.92 Å². The second kappa shape index (κ2) is 6.09. The van der Waals surface area contributed by atoms with Gasteiger partial charge in [-0.25, -0.2) is 4.79 Å². The average molecular weight is 235 g/mol. The topological polar surface area (TPSA) is 50.1 Å². The van der Waals surface area contributed by atoms with Gasteiger partial charge in [0.05, 0.1) is 6.61 Å². The largest absolute Gasteiger partial charge is 0.462 e. The summed E-state index contributed by atoms with van der Waals surface area (Å²) in [4.78, 5) is 13.5. The molecule has 0 unspecified atom stereocenters. The van der Waals surface area contributed by atoms with Crippen molar-refractivity contribution in [3.05, 3.63) is 27.5 Å². The Morgan fingerprint density at radius 2 is 2.31 bits per heavy atom. The lowest BCUT2D eigenvalue weighted by Gasteiger charge is -1.98. The summed E-state index contributed by atoms with van der Waals surface area (Å²) < 4.78 is 4.78. The first kappa shape index (κ1) is 12.5. The molecule has 1 rings (SSSR count). The van der Waals surface area contributed by atoms with Crippen LogP contribution in [0.3, 0.4) is 0 Å². The van der Waals surface area contributed by atoms with Gasteiger partial charge in [-0.15, -0.1) is 11.3 Å². The van der Waals surface area contributed by atoms with Crippen molar-refractivity contribution in [3.63, 3.8) is 0 Å². The van der Waals surface area contributed by atoms with E-state index in [0.29, 0.717) is 0 Å². The van der Waals surface area contributed by atoms with Crippen LogP contribution in [0.5, 0.6) is 0 Å². The second-order valence-electron chi connectivity index (χ2n) is 3.05. The molecule has 84 valence electrons. The highest BCUT2D eigenvalue weighted by Crippen LogP contribution is 2.19. The Morgan fingerprint density at radius 3 is 2.81 bits per heavy atom. The van der Waals surface area contributed by atoms with Gasteiger partial charge in [0.1, 0.15) is 11.6 Å². The van der Waals surface area contributed by atoms with Crippen molar-refractivity contribution in [3.8, 4) is 6.07 Å². The number of hydrogen-bond acceptors (Lipinski definition) is 4. The highest BCUT2D eigenvalue weighted by atomic mass is 32.1. The molecule has 0 spiro atoms. The van der Waals surface area contributed by atoms with Crippen molar-refractivity contribution >= 4 is 23.4 Å². The molecule has 0 saturated heterocycles. The molecule has 1 aromatic rings. The van der Waals surface area contributed by atoms with E-state index in [0.717, 1.165) is 11.3 Å². The first-order valence-corrected chi connectivity index (χ1v) is 5.90. The number of rotatable bonds is 4. The van der Waals surface area contributed by atoms with Gasteiger partial charge in [0.2, 0.25) is 0 Å². The van der Waals surface area contributed by atoms with E-state index >= 15 is 0 Å². The SMILES string of the molecule is CCOC(=O)/C(C#N)=C\c1ccc(CC)s1. The number of aryl methyl sites for hydroxylation is 1. The number of carbonyl (C=O) groups is 1. The Labute approximate surface area is 99.0 Å². The lowest BCUT2D eigenvalue weighted by atomic mass is 10.2. The first-order chi connectivity index (χ1) is 7.71. The summed E-state index contributed by atoms with van der Waals surface area (Å²) in [5.41, 5.74) is 0.0475. The van der Waals surface area contributed by atoms with Crippen LogP contribution in [0.15, 0.2) is 17.7 Å². The summed E-state index contributed by atoms with van der Waals surface area (Å²) in [6.07, 6.45) is 2.53. The normalized spacial score (nSPS) is 10.9. The maximum Gasteiger partial charge on any atom is 0.348 e. The van der Waals surface area contributed by atoms with Gasteiger partial charge in [-0.3, -0.25) is 0 Å². The molecule has 0 aromatic carbocycles. The summed E-state index contributed by atoms with van der Waals surface area (Å²) in [6, 6.07) is 5.76. The van der Waals surface area contributed by atoms with Gasteiger partial charge < -0.3 is 4.74 Å². The summed E-state index contributed by atoms with van der Waals surface area (Å²) in [7, 11) is 0. The van der Waals surface area contributed by atoms with Crippen molar-refractivity contribution in [2.75, 3.05) is 6.61 Å². The molecule has 0 fully saturated rings. The van der Waals surface area contributed by atoms with E-state index in [4.69, 9.17) is 10.00 Å². The van der Waals surface area contributed by atoms with E-state index in [1.165, 1.54) is 4.88 Å². The van der Waals surface area contributed by atoms with Crippen molar-refractivity contribution in [2.45, 2.75) is 20.3 Å². The molecule has 0 N–H and O–H groups in total. The Morgan fingerprint density at radius 1 is 1.56 bits per heavy atom. The minimum absolute atomic E-state index is 0.0475. The lowest BCUT2D eigenvalue weighted by Crippen LogP contribution is -2.05. The van der Waals surface area contributed by atoms with Crippen LogP contribution in [-0.2, 0) is 16.0 Å². The number of nitrogens with zero attached hydrogens (tertiary/aromatic N) is 1. The van der Waals surface area contributed by atoms with E-state index in [1.807, 2.05) is 18.2 Å². The third kappa shape index (κ3) is 3.21. The van der Waals surface area contributed by atoms with Crippen LogP contribution in [0.25, 0.3) is 6.08 Å². The maximum absolute atomic E-state index is 11.3. The van der Waals surface area contributed by atoms with Gasteiger partial charge >= 0.3 is 5.97 Å². The molecule has 4 heteroatoms. The van der Waals surface area contributed by atoms with E-state index < -0.39 is 5.97 Å². The Hall–Kier alpha value is -1.60. The zero-order valence-corrected chi connectivity index (χ0v) is 10.1. The molecule has 0 atom stereocenters. The Kier molecular flexibility index (Phi) is 4.74. The van der Waals surface area contributed by atoms with Crippen LogP contribution < -0.4 is 0 Å². The van der Waals surface area contributed by atoms with Crippen LogP contribution in [0.2, 0.25) is 0 Å². The molecule has 0 amide bonds. The predicted octanol–water partition coefficient (Wildman–Crippen LogP) is 2.78. The minimum atomic E-state index is -0.559. The molecule has 1 aromatic heterocycles. The summed E-state index contributed by atoms with van der Waals surface area (Å²) in [5.74, 6) is -0.559. The van der Waals surface area contributed by atoms with Crippen molar-refractivity contribution in [1.82, 2.24) is 0 Å². The summed E-state index contributed by atoms with van der Waals surface area (Å²) >= 11 is 1.58. The number of ether oxygens (including phenoxy) is 1. The zero-order chi connectivity index (χ0) is 12.0. The standard InChI is InChI=1S/C12H13NO2S/c1-3-10-5-6-11(16-10)7-9(8-13)12(14)15-4-2/h5-7H,3-4H2,1-2H3/b9-7-. The predicted molar refractivity (Wildman–Crippen MR) is 63.9 cm³/mol. The number of esters is 1. The fourth-order valence-electron chi connectivity index (χ4n) is 1.15. The average Bonchev–Trinajstić information content (AvgIpc) is 2.73. The Bertz CT molecular complexity index is 440. The number of thiophene rings is 1. The molecule has 0 saturated carbocycles. The monoisotopic (exact) mass is 235 g/mol. The fourth-order valence-corrected chi connectivity index (χ4v) is 2.05. The van der Waals surface area contributed by atoms with Crippen LogP contribution >= 0.6 is 11.3 Å². The number of hydrogen-bond donors (Lipinski definition) is 0. The van der Waals surface area contributed by atoms with Gasteiger partial charge in [0.25, 0.3) is 0 Å². The molecular weight excluding hydrogens is 222 g/mol. The number of nitriles is 1. The quantitative estimate of drug-likeness (QED) is 0.458. The molecular formula is C12H13NO2S. The van der Waals surface area contributed by atoms with Crippen LogP contribution in [0, 0.1) is 11.3 Å². The Balaban J connectivity index is 2.88. The lowest BCUT2D eigenvalue weighted by molar-refractivity contribution is -0.137. The molecule has 0 radical (unpaired) electrons. The maximum atomic E-state index is 11.3. The third-order valence-electron chi connectivity index (χ3n) is 1.93. The highest BCUT2D eigenvalue weighted by molar-refractivity contribution is 7.12. The van der Waals surface area contributed by atoms with Gasteiger partial charge in [0.15, 0.2) is 0 Å². The van der Waals surface area contributed by atoms with Gasteiger partial charge in [0, 0.05) is 9.75 Å². The molecule has 0 aliphatic heterocycles. The third-order valence-corrected chi connectivity index (χ3v) is 3.11. The van der Waals surface area contributed by atoms with Crippen LogP contribution in [0.1, 0.15) is 23.6 Å². The fraction of sp³-hybridized carbons (Fsp3) is 0.333. The summed E-state index contributed by atoms with van der Waals surface area (Å²) in [6.45, 7) is 4.06. The molecule has 3 nitrogen and oxygen atoms in total. The van der Waals surface area contributed by atoms with E-state index in [1.54, 1.807) is 24.3 Å². The molecule has 0 aliphatic carbocycles. The molecule has 0 aliphatic rings. The van der Waals surface area contributed by atoms with Gasteiger partial charge in [-0.1, -0.05) is 6.92 Å². The van der Waals surface area contributed by atoms with Crippen LogP contribution in [0.4, 0.5) is 0 Å². The van der Waals surface area contributed by atoms with Gasteiger partial charge in [-0.2, -0.15) is 5.26 Å². The van der Waals surface area contributed by atoms with Crippen LogP contribution in [-0.4, -0.2) is 12.6 Å². The second-order valence-corrected chi connectivity index (χ2v) is 4.25. The molecule has 0 bridgehead atoms. The van der Waals surface area contributed by atoms with Crippen molar-refractivity contribution in [2.24, 2.45) is 0 Å². The first-order valence-electron chi connectivity index (χ1n) is 5.08. The molecule has 16 heavy (non-hydrogen) atoms. The van der Waals surface area contributed by atoms with Crippen molar-refractivity contribution in [1.29, 1.82) is 5.26 Å². The summed E-state index contributed by atoms with van der Waals surface area (Å²) in [5, 5.41) is 8.83. The van der Waals surface area contributed by atoms with Crippen molar-refractivity contribution < 1.29 is 9.53 Å². The smallest absolute Gasteiger partial charge is 0.348 e. The van der Waals surface area contributed by atoms with Gasteiger partial charge in [-0.05, 0) is 31.6 Å².